The van der Waals surface area contributed by atoms with Crippen molar-refractivity contribution < 1.29 is 0 Å². The fourth-order valence-corrected chi connectivity index (χ4v) is 3.04. The van der Waals surface area contributed by atoms with Gasteiger partial charge in [-0.3, -0.25) is 0 Å². The molecular weight excluding hydrogens is 200 g/mol. The summed E-state index contributed by atoms with van der Waals surface area (Å²) in [5.41, 5.74) is 1.42. The minimum absolute atomic E-state index is 0.952. The second kappa shape index (κ2) is 4.45. The molecule has 1 aromatic carbocycles. The Balaban J connectivity index is 2.62. The number of fused-ring (bicyclic) bond motifs is 1. The SMILES string of the molecule is C=CCc1sc2ccccc2c1CC=C. The van der Waals surface area contributed by atoms with Crippen molar-refractivity contribution in [2.75, 3.05) is 0 Å². The minimum Gasteiger partial charge on any atom is -0.140 e. The van der Waals surface area contributed by atoms with Gasteiger partial charge in [-0.1, -0.05) is 30.4 Å². The molecule has 0 unspecified atom stereocenters. The number of allylic oxidation sites excluding steroid dienone is 2. The van der Waals surface area contributed by atoms with Crippen molar-refractivity contribution in [2.45, 2.75) is 12.8 Å². The third-order valence-electron chi connectivity index (χ3n) is 2.46. The highest BCUT2D eigenvalue weighted by molar-refractivity contribution is 7.19. The van der Waals surface area contributed by atoms with E-state index in [1.165, 1.54) is 20.5 Å². The van der Waals surface area contributed by atoms with Crippen molar-refractivity contribution in [2.24, 2.45) is 0 Å². The van der Waals surface area contributed by atoms with Gasteiger partial charge >= 0.3 is 0 Å². The van der Waals surface area contributed by atoms with Gasteiger partial charge in [0.1, 0.15) is 0 Å². The van der Waals surface area contributed by atoms with Crippen LogP contribution in [0.15, 0.2) is 49.6 Å². The van der Waals surface area contributed by atoms with Gasteiger partial charge in [-0.05, 0) is 29.9 Å². The van der Waals surface area contributed by atoms with Gasteiger partial charge < -0.3 is 0 Å². The summed E-state index contributed by atoms with van der Waals surface area (Å²) in [5, 5.41) is 1.37. The van der Waals surface area contributed by atoms with Crippen LogP contribution >= 0.6 is 11.3 Å². The van der Waals surface area contributed by atoms with Crippen LogP contribution in [-0.4, -0.2) is 0 Å². The molecule has 0 atom stereocenters. The quantitative estimate of drug-likeness (QED) is 0.663. The summed E-state index contributed by atoms with van der Waals surface area (Å²) in [6.07, 6.45) is 5.86. The van der Waals surface area contributed by atoms with Crippen molar-refractivity contribution in [1.29, 1.82) is 0 Å². The topological polar surface area (TPSA) is 0 Å². The standard InChI is InChI=1S/C14H14S/c1-3-7-11-12-9-5-6-10-14(12)15-13(11)8-4-2/h3-6,9-10H,1-2,7-8H2. The van der Waals surface area contributed by atoms with Crippen LogP contribution in [0.1, 0.15) is 10.4 Å². The lowest BCUT2D eigenvalue weighted by molar-refractivity contribution is 1.22. The average molecular weight is 214 g/mol. The van der Waals surface area contributed by atoms with Crippen LogP contribution in [0.4, 0.5) is 0 Å². The first-order valence-electron chi connectivity index (χ1n) is 5.08. The van der Waals surface area contributed by atoms with E-state index in [2.05, 4.69) is 37.4 Å². The molecule has 0 radical (unpaired) electrons. The summed E-state index contributed by atoms with van der Waals surface area (Å²) in [6.45, 7) is 7.63. The largest absolute Gasteiger partial charge is 0.140 e. The molecule has 1 heterocycles. The molecule has 0 saturated carbocycles. The number of hydrogen-bond donors (Lipinski definition) is 0. The summed E-state index contributed by atoms with van der Waals surface area (Å²) >= 11 is 1.87. The van der Waals surface area contributed by atoms with Crippen LogP contribution in [0.25, 0.3) is 10.1 Å². The Morgan fingerprint density at radius 3 is 2.53 bits per heavy atom. The number of rotatable bonds is 4. The average Bonchev–Trinajstić information content (AvgIpc) is 2.59. The molecule has 1 heteroatoms. The summed E-state index contributed by atoms with van der Waals surface area (Å²) in [5.74, 6) is 0. The normalized spacial score (nSPS) is 10.4. The van der Waals surface area contributed by atoms with Gasteiger partial charge in [0.25, 0.3) is 0 Å². The molecule has 0 aliphatic carbocycles. The zero-order chi connectivity index (χ0) is 10.7. The van der Waals surface area contributed by atoms with Crippen molar-refractivity contribution >= 4 is 21.4 Å². The van der Waals surface area contributed by atoms with Crippen molar-refractivity contribution in [3.63, 3.8) is 0 Å². The Bertz CT molecular complexity index is 491. The lowest BCUT2D eigenvalue weighted by Gasteiger charge is -1.98. The predicted octanol–water partition coefficient (Wildman–Crippen LogP) is 4.36. The third-order valence-corrected chi connectivity index (χ3v) is 3.70. The summed E-state index contributed by atoms with van der Waals surface area (Å²) in [7, 11) is 0. The molecule has 0 nitrogen and oxygen atoms in total. The Kier molecular flexibility index (Phi) is 3.02. The Hall–Kier alpha value is -1.34. The van der Waals surface area contributed by atoms with Gasteiger partial charge in [0, 0.05) is 9.58 Å². The van der Waals surface area contributed by atoms with Gasteiger partial charge in [-0.15, -0.1) is 24.5 Å². The minimum atomic E-state index is 0.952. The van der Waals surface area contributed by atoms with E-state index in [4.69, 9.17) is 0 Å². The Morgan fingerprint density at radius 1 is 1.07 bits per heavy atom. The molecule has 0 amide bonds. The molecule has 0 fully saturated rings. The van der Waals surface area contributed by atoms with Gasteiger partial charge in [-0.25, -0.2) is 0 Å². The fraction of sp³-hybridized carbons (Fsp3) is 0.143. The summed E-state index contributed by atoms with van der Waals surface area (Å²) < 4.78 is 1.37. The van der Waals surface area contributed by atoms with Crippen molar-refractivity contribution in [1.82, 2.24) is 0 Å². The third kappa shape index (κ3) is 1.88. The Labute approximate surface area is 94.6 Å². The van der Waals surface area contributed by atoms with E-state index in [1.807, 2.05) is 23.5 Å². The number of hydrogen-bond acceptors (Lipinski definition) is 1. The van der Waals surface area contributed by atoms with E-state index in [1.54, 1.807) is 0 Å². The molecule has 0 aliphatic rings. The van der Waals surface area contributed by atoms with Gasteiger partial charge in [-0.2, -0.15) is 0 Å². The van der Waals surface area contributed by atoms with Crippen LogP contribution in [0.2, 0.25) is 0 Å². The highest BCUT2D eigenvalue weighted by atomic mass is 32.1. The molecule has 76 valence electrons. The van der Waals surface area contributed by atoms with Gasteiger partial charge in [0.05, 0.1) is 0 Å². The fourth-order valence-electron chi connectivity index (χ4n) is 1.81. The smallest absolute Gasteiger partial charge is 0.0348 e. The first-order chi connectivity index (χ1) is 7.36. The first-order valence-corrected chi connectivity index (χ1v) is 5.89. The van der Waals surface area contributed by atoms with Crippen LogP contribution in [0, 0.1) is 0 Å². The molecule has 2 rings (SSSR count). The molecule has 0 bridgehead atoms. The van der Waals surface area contributed by atoms with E-state index >= 15 is 0 Å². The lowest BCUT2D eigenvalue weighted by Crippen LogP contribution is -1.84. The zero-order valence-electron chi connectivity index (χ0n) is 8.70. The molecule has 15 heavy (non-hydrogen) atoms. The van der Waals surface area contributed by atoms with E-state index in [-0.39, 0.29) is 0 Å². The van der Waals surface area contributed by atoms with Gasteiger partial charge in [0.2, 0.25) is 0 Å². The van der Waals surface area contributed by atoms with E-state index < -0.39 is 0 Å². The van der Waals surface area contributed by atoms with Crippen LogP contribution in [0.5, 0.6) is 0 Å². The molecule has 2 aromatic rings. The van der Waals surface area contributed by atoms with Crippen molar-refractivity contribution in [3.8, 4) is 0 Å². The number of thiophene rings is 1. The van der Waals surface area contributed by atoms with E-state index in [0.717, 1.165) is 12.8 Å². The maximum atomic E-state index is 3.82. The lowest BCUT2D eigenvalue weighted by atomic mass is 10.1. The molecule has 0 N–H and O–H groups in total. The first kappa shape index (κ1) is 10.2. The Morgan fingerprint density at radius 2 is 1.80 bits per heavy atom. The molecular formula is C14H14S. The molecule has 0 spiro atoms. The molecule has 0 saturated heterocycles. The van der Waals surface area contributed by atoms with Gasteiger partial charge in [0.15, 0.2) is 0 Å². The van der Waals surface area contributed by atoms with E-state index in [9.17, 15) is 0 Å². The monoisotopic (exact) mass is 214 g/mol. The van der Waals surface area contributed by atoms with E-state index in [0.29, 0.717) is 0 Å². The summed E-state index contributed by atoms with van der Waals surface area (Å²) in [4.78, 5) is 1.42. The second-order valence-electron chi connectivity index (χ2n) is 3.49. The number of benzene rings is 1. The zero-order valence-corrected chi connectivity index (χ0v) is 9.52. The maximum absolute atomic E-state index is 3.82. The predicted molar refractivity (Wildman–Crippen MR) is 69.6 cm³/mol. The molecule has 1 aromatic heterocycles. The molecule has 0 aliphatic heterocycles. The van der Waals surface area contributed by atoms with Crippen LogP contribution in [0.3, 0.4) is 0 Å². The van der Waals surface area contributed by atoms with Crippen LogP contribution < -0.4 is 0 Å². The maximum Gasteiger partial charge on any atom is 0.0348 e. The summed E-state index contributed by atoms with van der Waals surface area (Å²) in [6, 6.07) is 8.56. The highest BCUT2D eigenvalue weighted by Crippen LogP contribution is 2.32. The van der Waals surface area contributed by atoms with Crippen molar-refractivity contribution in [3.05, 3.63) is 60.0 Å². The second-order valence-corrected chi connectivity index (χ2v) is 4.62. The van der Waals surface area contributed by atoms with Crippen LogP contribution in [-0.2, 0) is 12.8 Å². The highest BCUT2D eigenvalue weighted by Gasteiger charge is 2.08.